The maximum Gasteiger partial charge on any atom is 0.191 e. The van der Waals surface area contributed by atoms with Gasteiger partial charge >= 0.3 is 0 Å². The van der Waals surface area contributed by atoms with Gasteiger partial charge in [0.1, 0.15) is 9.84 Å². The largest absolute Gasteiger partial charge is 0.357 e. The summed E-state index contributed by atoms with van der Waals surface area (Å²) in [6, 6.07) is 8.71. The van der Waals surface area contributed by atoms with E-state index in [2.05, 4.69) is 60.7 Å². The van der Waals surface area contributed by atoms with Crippen LogP contribution in [0.4, 0.5) is 0 Å². The number of nitrogens with zero attached hydrogens (tertiary/aromatic N) is 1. The summed E-state index contributed by atoms with van der Waals surface area (Å²) in [4.78, 5) is 4.68. The van der Waals surface area contributed by atoms with Gasteiger partial charge in [-0.15, -0.1) is 0 Å². The number of aryl methyl sites for hydroxylation is 1. The highest BCUT2D eigenvalue weighted by molar-refractivity contribution is 7.90. The van der Waals surface area contributed by atoms with Crippen LogP contribution in [0, 0.1) is 0 Å². The molecule has 0 aliphatic carbocycles. The number of rotatable bonds is 9. The number of hydrogen-bond acceptors (Lipinski definition) is 3. The van der Waals surface area contributed by atoms with Crippen LogP contribution in [0.3, 0.4) is 0 Å². The van der Waals surface area contributed by atoms with Crippen molar-refractivity contribution in [3.8, 4) is 0 Å². The van der Waals surface area contributed by atoms with Crippen molar-refractivity contribution >= 4 is 15.8 Å². The Hall–Kier alpha value is -1.56. The van der Waals surface area contributed by atoms with Crippen molar-refractivity contribution in [2.75, 3.05) is 31.6 Å². The second kappa shape index (κ2) is 9.80. The van der Waals surface area contributed by atoms with Crippen molar-refractivity contribution in [3.05, 3.63) is 35.4 Å². The van der Waals surface area contributed by atoms with E-state index in [-0.39, 0.29) is 11.2 Å². The summed E-state index contributed by atoms with van der Waals surface area (Å²) >= 11 is 0. The van der Waals surface area contributed by atoms with E-state index in [1.165, 1.54) is 17.4 Å². The summed E-state index contributed by atoms with van der Waals surface area (Å²) in [5.41, 5.74) is 2.53. The summed E-state index contributed by atoms with van der Waals surface area (Å²) in [7, 11) is -2.91. The van der Waals surface area contributed by atoms with Gasteiger partial charge in [0, 0.05) is 24.8 Å². The molecule has 5 nitrogen and oxygen atoms in total. The van der Waals surface area contributed by atoms with E-state index >= 15 is 0 Å². The average Bonchev–Trinajstić information content (AvgIpc) is 2.55. The number of sulfone groups is 1. The standard InChI is InChI=1S/C19H33N3O2S/c1-6-16-9-11-17(12-10-16)19(3,4)15-22-18(20-7-2)21-13-8-14-25(5,23)24/h9-12H,6-8,13-15H2,1-5H3,(H2,20,21,22). The van der Waals surface area contributed by atoms with Gasteiger partial charge in [0.2, 0.25) is 0 Å². The molecule has 1 aromatic carbocycles. The molecule has 25 heavy (non-hydrogen) atoms. The zero-order valence-corrected chi connectivity index (χ0v) is 17.0. The van der Waals surface area contributed by atoms with Gasteiger partial charge in [-0.1, -0.05) is 45.0 Å². The molecular weight excluding hydrogens is 334 g/mol. The van der Waals surface area contributed by atoms with Gasteiger partial charge in [0.05, 0.1) is 12.3 Å². The van der Waals surface area contributed by atoms with Crippen molar-refractivity contribution in [3.63, 3.8) is 0 Å². The Labute approximate surface area is 153 Å². The van der Waals surface area contributed by atoms with Crippen LogP contribution in [-0.4, -0.2) is 46.0 Å². The van der Waals surface area contributed by atoms with Crippen LogP contribution in [0.2, 0.25) is 0 Å². The zero-order valence-electron chi connectivity index (χ0n) is 16.2. The third kappa shape index (κ3) is 8.38. The Morgan fingerprint density at radius 3 is 2.28 bits per heavy atom. The molecule has 0 aromatic heterocycles. The van der Waals surface area contributed by atoms with Crippen LogP contribution < -0.4 is 10.6 Å². The van der Waals surface area contributed by atoms with Gasteiger partial charge in [-0.05, 0) is 30.9 Å². The molecule has 0 radical (unpaired) electrons. The maximum absolute atomic E-state index is 11.2. The number of guanidine groups is 1. The Balaban J connectivity index is 2.67. The molecule has 0 aliphatic heterocycles. The number of nitrogens with one attached hydrogen (secondary N) is 2. The molecule has 0 saturated carbocycles. The lowest BCUT2D eigenvalue weighted by Gasteiger charge is -2.24. The minimum absolute atomic E-state index is 0.0681. The van der Waals surface area contributed by atoms with Gasteiger partial charge in [0.15, 0.2) is 5.96 Å². The van der Waals surface area contributed by atoms with Crippen molar-refractivity contribution in [2.45, 2.75) is 46.0 Å². The zero-order chi connectivity index (χ0) is 18.9. The fourth-order valence-corrected chi connectivity index (χ4v) is 3.11. The van der Waals surface area contributed by atoms with E-state index in [0.29, 0.717) is 19.5 Å². The molecule has 0 aliphatic rings. The lowest BCUT2D eigenvalue weighted by Crippen LogP contribution is -2.39. The highest BCUT2D eigenvalue weighted by atomic mass is 32.2. The first-order valence-electron chi connectivity index (χ1n) is 8.97. The minimum atomic E-state index is -2.91. The second-order valence-electron chi connectivity index (χ2n) is 7.04. The van der Waals surface area contributed by atoms with Crippen molar-refractivity contribution in [1.29, 1.82) is 0 Å². The highest BCUT2D eigenvalue weighted by Crippen LogP contribution is 2.24. The van der Waals surface area contributed by atoms with Crippen LogP contribution >= 0.6 is 0 Å². The number of benzene rings is 1. The summed E-state index contributed by atoms with van der Waals surface area (Å²) in [5.74, 6) is 0.920. The lowest BCUT2D eigenvalue weighted by atomic mass is 9.84. The van der Waals surface area contributed by atoms with Crippen LogP contribution in [0.5, 0.6) is 0 Å². The van der Waals surface area contributed by atoms with Gasteiger partial charge in [-0.25, -0.2) is 8.42 Å². The molecule has 0 fully saturated rings. The molecule has 0 heterocycles. The molecule has 142 valence electrons. The first-order chi connectivity index (χ1) is 11.7. The molecule has 0 atom stereocenters. The molecule has 0 unspecified atom stereocenters. The predicted molar refractivity (Wildman–Crippen MR) is 107 cm³/mol. The minimum Gasteiger partial charge on any atom is -0.357 e. The average molecular weight is 368 g/mol. The normalized spacial score (nSPS) is 12.9. The summed E-state index contributed by atoms with van der Waals surface area (Å²) in [6.45, 7) is 10.5. The monoisotopic (exact) mass is 367 g/mol. The number of aliphatic imine (C=N–C) groups is 1. The molecule has 0 spiro atoms. The van der Waals surface area contributed by atoms with Crippen LogP contribution in [-0.2, 0) is 21.7 Å². The Bertz CT molecular complexity index is 650. The smallest absolute Gasteiger partial charge is 0.191 e. The fraction of sp³-hybridized carbons (Fsp3) is 0.632. The number of hydrogen-bond donors (Lipinski definition) is 2. The maximum atomic E-state index is 11.2. The van der Waals surface area contributed by atoms with Gasteiger partial charge in [-0.2, -0.15) is 0 Å². The fourth-order valence-electron chi connectivity index (χ4n) is 2.44. The third-order valence-electron chi connectivity index (χ3n) is 4.10. The highest BCUT2D eigenvalue weighted by Gasteiger charge is 2.20. The van der Waals surface area contributed by atoms with E-state index in [1.807, 2.05) is 6.92 Å². The molecule has 6 heteroatoms. The Morgan fingerprint density at radius 2 is 1.76 bits per heavy atom. The van der Waals surface area contributed by atoms with Crippen molar-refractivity contribution in [1.82, 2.24) is 10.6 Å². The quantitative estimate of drug-likeness (QED) is 0.400. The van der Waals surface area contributed by atoms with Gasteiger partial charge in [-0.3, -0.25) is 4.99 Å². The topological polar surface area (TPSA) is 70.6 Å². The molecular formula is C19H33N3O2S. The van der Waals surface area contributed by atoms with Crippen LogP contribution in [0.1, 0.15) is 45.2 Å². The SMILES string of the molecule is CCNC(=NCC(C)(C)c1ccc(CC)cc1)NCCCS(C)(=O)=O. The van der Waals surface area contributed by atoms with E-state index in [4.69, 9.17) is 0 Å². The molecule has 0 amide bonds. The first-order valence-corrected chi connectivity index (χ1v) is 11.0. The lowest BCUT2D eigenvalue weighted by molar-refractivity contribution is 0.537. The molecule has 1 rings (SSSR count). The third-order valence-corrected chi connectivity index (χ3v) is 5.13. The van der Waals surface area contributed by atoms with Gasteiger partial charge in [0.25, 0.3) is 0 Å². The van der Waals surface area contributed by atoms with Gasteiger partial charge < -0.3 is 10.6 Å². The second-order valence-corrected chi connectivity index (χ2v) is 9.30. The van der Waals surface area contributed by atoms with E-state index in [0.717, 1.165) is 18.9 Å². The predicted octanol–water partition coefficient (Wildman–Crippen LogP) is 2.52. The Morgan fingerprint density at radius 1 is 1.12 bits per heavy atom. The van der Waals surface area contributed by atoms with E-state index < -0.39 is 9.84 Å². The molecule has 0 saturated heterocycles. The molecule has 0 bridgehead atoms. The first kappa shape index (κ1) is 21.5. The molecule has 1 aromatic rings. The van der Waals surface area contributed by atoms with E-state index in [9.17, 15) is 8.42 Å². The van der Waals surface area contributed by atoms with Crippen molar-refractivity contribution in [2.24, 2.45) is 4.99 Å². The molecule has 2 N–H and O–H groups in total. The summed E-state index contributed by atoms with van der Waals surface area (Å²) in [5, 5.41) is 6.42. The summed E-state index contributed by atoms with van der Waals surface area (Å²) in [6.07, 6.45) is 2.88. The van der Waals surface area contributed by atoms with E-state index in [1.54, 1.807) is 0 Å². The van der Waals surface area contributed by atoms with Crippen LogP contribution in [0.25, 0.3) is 0 Å². The van der Waals surface area contributed by atoms with Crippen LogP contribution in [0.15, 0.2) is 29.3 Å². The summed E-state index contributed by atoms with van der Waals surface area (Å²) < 4.78 is 22.4. The Kier molecular flexibility index (Phi) is 8.42. The van der Waals surface area contributed by atoms with Crippen molar-refractivity contribution < 1.29 is 8.42 Å².